The van der Waals surface area contributed by atoms with Gasteiger partial charge in [-0.25, -0.2) is 4.79 Å². The van der Waals surface area contributed by atoms with Gasteiger partial charge in [0.25, 0.3) is 0 Å². The summed E-state index contributed by atoms with van der Waals surface area (Å²) in [4.78, 5) is 26.6. The summed E-state index contributed by atoms with van der Waals surface area (Å²) in [7, 11) is 1.58. The molecule has 8 heteroatoms. The molecule has 0 aromatic heterocycles. The predicted molar refractivity (Wildman–Crippen MR) is 114 cm³/mol. The van der Waals surface area contributed by atoms with Crippen molar-refractivity contribution in [2.45, 2.75) is 50.3 Å². The molecule has 0 bridgehead atoms. The Hall–Kier alpha value is -1.80. The van der Waals surface area contributed by atoms with Gasteiger partial charge in [-0.2, -0.15) is 0 Å². The minimum absolute atomic E-state index is 0.0493. The number of benzene rings is 1. The van der Waals surface area contributed by atoms with Gasteiger partial charge in [0, 0.05) is 4.75 Å². The fourth-order valence-corrected chi connectivity index (χ4v) is 5.26. The van der Waals surface area contributed by atoms with Crippen molar-refractivity contribution in [3.05, 3.63) is 24.3 Å². The number of thiocarbonyl (C=S) groups is 1. The van der Waals surface area contributed by atoms with Gasteiger partial charge >= 0.3 is 5.97 Å². The molecule has 1 fully saturated rings. The molecule has 1 aromatic rings. The van der Waals surface area contributed by atoms with E-state index in [0.717, 1.165) is 0 Å². The maximum atomic E-state index is 12.7. The molecule has 0 spiro atoms. The minimum atomic E-state index is -0.587. The Morgan fingerprint density at radius 1 is 1.25 bits per heavy atom. The number of methoxy groups -OCH3 is 1. The number of rotatable bonds is 8. The monoisotopic (exact) mass is 425 g/mol. The second kappa shape index (κ2) is 9.60. The first kappa shape index (κ1) is 22.5. The summed E-state index contributed by atoms with van der Waals surface area (Å²) < 4.78 is 16.2. The molecule has 1 aliphatic rings. The summed E-state index contributed by atoms with van der Waals surface area (Å²) in [5.41, 5.74) is 0. The Labute approximate surface area is 175 Å². The average molecular weight is 426 g/mol. The number of carbonyl (C=O) groups is 2. The summed E-state index contributed by atoms with van der Waals surface area (Å²) in [6, 6.07) is 6.79. The van der Waals surface area contributed by atoms with Crippen molar-refractivity contribution < 1.29 is 23.8 Å². The molecule has 2 unspecified atom stereocenters. The SMILES string of the molecule is CCOC(=O)C1N(C(=S)CC(C)=O)C(COc2ccccc2OC)SC1(C)C. The fraction of sp³-hybridized carbons (Fsp3) is 0.550. The van der Waals surface area contributed by atoms with Gasteiger partial charge in [-0.15, -0.1) is 11.8 Å². The van der Waals surface area contributed by atoms with Crippen molar-refractivity contribution in [2.24, 2.45) is 0 Å². The molecule has 1 aliphatic heterocycles. The van der Waals surface area contributed by atoms with Gasteiger partial charge in [0.1, 0.15) is 23.8 Å². The van der Waals surface area contributed by atoms with Gasteiger partial charge in [0.15, 0.2) is 11.5 Å². The lowest BCUT2D eigenvalue weighted by Crippen LogP contribution is -2.52. The van der Waals surface area contributed by atoms with E-state index in [2.05, 4.69) is 0 Å². The maximum absolute atomic E-state index is 12.7. The molecule has 28 heavy (non-hydrogen) atoms. The van der Waals surface area contributed by atoms with Crippen molar-refractivity contribution in [3.8, 4) is 11.5 Å². The van der Waals surface area contributed by atoms with Crippen LogP contribution >= 0.6 is 24.0 Å². The number of Topliss-reactive ketones (excluding diaryl/α,β-unsaturated/α-hetero) is 1. The molecule has 6 nitrogen and oxygen atoms in total. The van der Waals surface area contributed by atoms with Crippen LogP contribution in [0.3, 0.4) is 0 Å². The van der Waals surface area contributed by atoms with Crippen LogP contribution in [0.1, 0.15) is 34.1 Å². The van der Waals surface area contributed by atoms with Crippen molar-refractivity contribution in [2.75, 3.05) is 20.3 Å². The van der Waals surface area contributed by atoms with Gasteiger partial charge in [-0.1, -0.05) is 24.4 Å². The topological polar surface area (TPSA) is 65.1 Å². The van der Waals surface area contributed by atoms with Crippen LogP contribution in [-0.2, 0) is 14.3 Å². The fourth-order valence-electron chi connectivity index (χ4n) is 3.21. The molecular formula is C20H27NO5S2. The highest BCUT2D eigenvalue weighted by Gasteiger charge is 2.53. The van der Waals surface area contributed by atoms with Gasteiger partial charge in [-0.3, -0.25) is 4.79 Å². The number of ketones is 1. The number of hydrogen-bond donors (Lipinski definition) is 0. The number of esters is 1. The van der Waals surface area contributed by atoms with Crippen LogP contribution in [0.15, 0.2) is 24.3 Å². The van der Waals surface area contributed by atoms with Crippen molar-refractivity contribution in [1.82, 2.24) is 4.90 Å². The highest BCUT2D eigenvalue weighted by atomic mass is 32.2. The number of nitrogens with zero attached hydrogens (tertiary/aromatic N) is 1. The standard InChI is InChI=1S/C20H27NO5S2/c1-6-25-19(23)18-20(3,4)28-17(21(18)16(27)11-13(2)22)12-26-15-10-8-7-9-14(15)24-5/h7-10,17-18H,6,11-12H2,1-5H3. The Morgan fingerprint density at radius 2 is 1.89 bits per heavy atom. The Kier molecular flexibility index (Phi) is 7.71. The third-order valence-corrected chi connectivity index (χ3v) is 6.16. The van der Waals surface area contributed by atoms with Crippen LogP contribution < -0.4 is 9.47 Å². The van der Waals surface area contributed by atoms with Crippen LogP contribution in [0.4, 0.5) is 0 Å². The van der Waals surface area contributed by atoms with E-state index in [-0.39, 0.29) is 36.8 Å². The zero-order valence-corrected chi connectivity index (χ0v) is 18.5. The van der Waals surface area contributed by atoms with E-state index in [9.17, 15) is 9.59 Å². The summed E-state index contributed by atoms with van der Waals surface area (Å²) >= 11 is 7.12. The van der Waals surface area contributed by atoms with Crippen LogP contribution in [0.5, 0.6) is 11.5 Å². The van der Waals surface area contributed by atoms with Gasteiger partial charge in [-0.05, 0) is 39.8 Å². The molecule has 154 valence electrons. The van der Waals surface area contributed by atoms with Crippen molar-refractivity contribution in [1.29, 1.82) is 0 Å². The molecule has 1 saturated heterocycles. The summed E-state index contributed by atoms with van der Waals surface area (Å²) in [6.07, 6.45) is 0.104. The molecule has 2 rings (SSSR count). The molecule has 0 saturated carbocycles. The lowest BCUT2D eigenvalue weighted by atomic mass is 10.0. The average Bonchev–Trinajstić information content (AvgIpc) is 2.90. The molecule has 1 heterocycles. The summed E-state index contributed by atoms with van der Waals surface area (Å²) in [5.74, 6) is 0.849. The third-order valence-electron chi connectivity index (χ3n) is 4.34. The van der Waals surface area contributed by atoms with Gasteiger partial charge in [0.05, 0.1) is 25.1 Å². The van der Waals surface area contributed by atoms with E-state index in [0.29, 0.717) is 16.5 Å². The van der Waals surface area contributed by atoms with E-state index in [4.69, 9.17) is 26.4 Å². The van der Waals surface area contributed by atoms with E-state index in [1.54, 1.807) is 25.8 Å². The number of carbonyl (C=O) groups excluding carboxylic acids is 2. The van der Waals surface area contributed by atoms with E-state index in [1.165, 1.54) is 6.92 Å². The van der Waals surface area contributed by atoms with E-state index in [1.807, 2.05) is 43.0 Å². The van der Waals surface area contributed by atoms with Crippen LogP contribution in [0.2, 0.25) is 0 Å². The zero-order chi connectivity index (χ0) is 20.9. The largest absolute Gasteiger partial charge is 0.493 e. The molecule has 0 N–H and O–H groups in total. The smallest absolute Gasteiger partial charge is 0.330 e. The molecule has 0 aliphatic carbocycles. The van der Waals surface area contributed by atoms with Gasteiger partial charge < -0.3 is 19.1 Å². The van der Waals surface area contributed by atoms with Crippen molar-refractivity contribution >= 4 is 40.7 Å². The summed E-state index contributed by atoms with van der Waals surface area (Å²) in [6.45, 7) is 7.78. The number of hydrogen-bond acceptors (Lipinski definition) is 7. The predicted octanol–water partition coefficient (Wildman–Crippen LogP) is 3.47. The second-order valence-corrected chi connectivity index (χ2v) is 9.28. The molecule has 2 atom stereocenters. The summed E-state index contributed by atoms with van der Waals surface area (Å²) in [5, 5.41) is -0.235. The Morgan fingerprint density at radius 3 is 2.46 bits per heavy atom. The van der Waals surface area contributed by atoms with Crippen molar-refractivity contribution in [3.63, 3.8) is 0 Å². The second-order valence-electron chi connectivity index (χ2n) is 6.97. The molecule has 0 radical (unpaired) electrons. The first-order valence-corrected chi connectivity index (χ1v) is 10.4. The van der Waals surface area contributed by atoms with Crippen LogP contribution in [-0.4, -0.2) is 58.1 Å². The minimum Gasteiger partial charge on any atom is -0.493 e. The highest BCUT2D eigenvalue weighted by Crippen LogP contribution is 2.45. The maximum Gasteiger partial charge on any atom is 0.330 e. The third kappa shape index (κ3) is 5.17. The lowest BCUT2D eigenvalue weighted by molar-refractivity contribution is -0.148. The first-order valence-electron chi connectivity index (χ1n) is 9.12. The van der Waals surface area contributed by atoms with Crippen LogP contribution in [0, 0.1) is 0 Å². The lowest BCUT2D eigenvalue weighted by Gasteiger charge is -2.32. The molecule has 1 aromatic carbocycles. The van der Waals surface area contributed by atoms with Gasteiger partial charge in [0.2, 0.25) is 0 Å². The zero-order valence-electron chi connectivity index (χ0n) is 16.9. The Balaban J connectivity index is 2.28. The number of para-hydroxylation sites is 2. The van der Waals surface area contributed by atoms with E-state index < -0.39 is 10.8 Å². The molecule has 0 amide bonds. The van der Waals surface area contributed by atoms with E-state index >= 15 is 0 Å². The van der Waals surface area contributed by atoms with Crippen LogP contribution in [0.25, 0.3) is 0 Å². The molecular weight excluding hydrogens is 398 g/mol. The Bertz CT molecular complexity index is 737. The first-order chi connectivity index (χ1) is 13.2. The quantitative estimate of drug-likeness (QED) is 0.463. The normalized spacial score (nSPS) is 20.5. The highest BCUT2D eigenvalue weighted by molar-refractivity contribution is 8.01. The number of thioether (sulfide) groups is 1. The number of ether oxygens (including phenoxy) is 3.